The summed E-state index contributed by atoms with van der Waals surface area (Å²) in [6, 6.07) is 23.1. The van der Waals surface area contributed by atoms with Gasteiger partial charge in [0.15, 0.2) is 11.8 Å². The molecule has 2 heterocycles. The zero-order chi connectivity index (χ0) is 44.4. The maximum absolute atomic E-state index is 14.5. The van der Waals surface area contributed by atoms with Crippen LogP contribution in [0.4, 0.5) is 4.79 Å². The summed E-state index contributed by atoms with van der Waals surface area (Å²) < 4.78 is 11.9. The SMILES string of the molecule is CC(C)(C)OC(=O)C(N)CCC(=O)NC(CCCCNC(=O)OCc1ccccc1)C(=O)N(CCCN1C(=O)c2ccccc2C1=O)CCCn1c(O)ccccccc1O. The van der Waals surface area contributed by atoms with Crippen LogP contribution in [0, 0.1) is 0 Å². The molecule has 2 unspecified atom stereocenters. The van der Waals surface area contributed by atoms with Crippen molar-refractivity contribution >= 4 is 35.7 Å². The van der Waals surface area contributed by atoms with Crippen molar-refractivity contribution in [3.63, 3.8) is 0 Å². The second-order valence-corrected chi connectivity index (χ2v) is 15.6. The van der Waals surface area contributed by atoms with Crippen molar-refractivity contribution in [2.24, 2.45) is 5.73 Å². The molecule has 1 aromatic heterocycles. The third kappa shape index (κ3) is 15.3. The quantitative estimate of drug-likeness (QED) is 0.0548. The van der Waals surface area contributed by atoms with E-state index in [-0.39, 0.29) is 83.2 Å². The van der Waals surface area contributed by atoms with Gasteiger partial charge in [-0.1, -0.05) is 66.7 Å². The van der Waals surface area contributed by atoms with Crippen LogP contribution in [-0.4, -0.2) is 104 Å². The number of carbonyl (C=O) groups excluding carboxylic acids is 6. The van der Waals surface area contributed by atoms with Gasteiger partial charge >= 0.3 is 12.1 Å². The number of alkyl carbamates (subject to hydrolysis) is 1. The smallest absolute Gasteiger partial charge is 0.407 e. The Morgan fingerprint density at radius 3 is 1.92 bits per heavy atom. The lowest BCUT2D eigenvalue weighted by Crippen LogP contribution is -2.50. The average Bonchev–Trinajstić information content (AvgIpc) is 3.51. The Kier molecular flexibility index (Phi) is 18.1. The van der Waals surface area contributed by atoms with E-state index in [1.165, 1.54) is 21.6 Å². The maximum atomic E-state index is 14.5. The minimum Gasteiger partial charge on any atom is -0.494 e. The minimum absolute atomic E-state index is 0.0274. The van der Waals surface area contributed by atoms with Crippen LogP contribution in [-0.2, 0) is 37.0 Å². The summed E-state index contributed by atoms with van der Waals surface area (Å²) in [6.07, 6.45) is 0.689. The average molecular weight is 843 g/mol. The van der Waals surface area contributed by atoms with Crippen molar-refractivity contribution in [2.75, 3.05) is 26.2 Å². The number of rotatable bonds is 21. The molecular formula is C45H58N6O10. The monoisotopic (exact) mass is 842 g/mol. The van der Waals surface area contributed by atoms with Gasteiger partial charge in [0.05, 0.1) is 11.1 Å². The summed E-state index contributed by atoms with van der Waals surface area (Å²) in [5, 5.41) is 26.9. The fourth-order valence-corrected chi connectivity index (χ4v) is 6.52. The number of benzene rings is 2. The number of unbranched alkanes of at least 4 members (excludes halogenated alkanes) is 1. The van der Waals surface area contributed by atoms with Crippen molar-refractivity contribution in [1.29, 1.82) is 0 Å². The Balaban J connectivity index is 1.48. The van der Waals surface area contributed by atoms with E-state index in [1.54, 1.807) is 69.3 Å². The number of nitrogens with one attached hydrogen (secondary N) is 2. The first kappa shape index (κ1) is 47.3. The van der Waals surface area contributed by atoms with Crippen LogP contribution in [0.25, 0.3) is 0 Å². The van der Waals surface area contributed by atoms with E-state index in [0.717, 1.165) is 10.5 Å². The molecule has 0 spiro atoms. The Morgan fingerprint density at radius 1 is 0.754 bits per heavy atom. The summed E-state index contributed by atoms with van der Waals surface area (Å²) in [4.78, 5) is 81.6. The third-order valence-electron chi connectivity index (χ3n) is 9.61. The molecule has 0 aliphatic carbocycles. The van der Waals surface area contributed by atoms with Gasteiger partial charge in [0.1, 0.15) is 24.3 Å². The van der Waals surface area contributed by atoms with Gasteiger partial charge in [0.2, 0.25) is 11.8 Å². The van der Waals surface area contributed by atoms with Gasteiger partial charge in [-0.05, 0) is 89.1 Å². The number of ether oxygens (including phenoxy) is 2. The molecule has 2 aromatic carbocycles. The molecule has 328 valence electrons. The molecule has 4 rings (SSSR count). The number of aromatic nitrogens is 1. The molecule has 0 bridgehead atoms. The van der Waals surface area contributed by atoms with Crippen molar-refractivity contribution in [1.82, 2.24) is 25.0 Å². The van der Waals surface area contributed by atoms with Crippen LogP contribution in [0.5, 0.6) is 11.8 Å². The van der Waals surface area contributed by atoms with E-state index in [1.807, 2.05) is 30.3 Å². The lowest BCUT2D eigenvalue weighted by atomic mass is 10.1. The number of hydrogen-bond acceptors (Lipinski definition) is 11. The highest BCUT2D eigenvalue weighted by Crippen LogP contribution is 2.23. The number of aromatic hydroxyl groups is 2. The molecular weight excluding hydrogens is 785 g/mol. The van der Waals surface area contributed by atoms with Crippen LogP contribution in [0.1, 0.15) is 92.0 Å². The number of nitrogens with zero attached hydrogens (tertiary/aromatic N) is 3. The number of fused-ring (bicyclic) bond motifs is 1. The summed E-state index contributed by atoms with van der Waals surface area (Å²) in [5.41, 5.74) is 6.72. The van der Waals surface area contributed by atoms with Crippen molar-refractivity contribution in [3.05, 3.63) is 108 Å². The van der Waals surface area contributed by atoms with Gasteiger partial charge in [-0.15, -0.1) is 0 Å². The van der Waals surface area contributed by atoms with Gasteiger partial charge in [-0.3, -0.25) is 33.4 Å². The van der Waals surface area contributed by atoms with Gasteiger partial charge < -0.3 is 41.0 Å². The standard InChI is InChI=1S/C45H58N6O10/c1-45(2,3)61-43(58)35(46)24-25-37(52)48-36(21-13-14-26-47-44(59)60-31-32-17-7-6-8-18-32)42(57)49(27-15-29-50-38(53)22-9-4-5-10-23-39(50)54)28-16-30-51-40(55)33-19-11-12-20-34(33)41(51)56/h4-12,17-20,22-23,35-36,53-54H,13-16,21,24-31,46H2,1-3H3,(H,47,59)(H,48,52). The van der Waals surface area contributed by atoms with Crippen LogP contribution < -0.4 is 16.4 Å². The molecule has 0 fully saturated rings. The topological polar surface area (TPSA) is 223 Å². The first-order valence-electron chi connectivity index (χ1n) is 20.5. The fraction of sp³-hybridized carbons (Fsp3) is 0.422. The lowest BCUT2D eigenvalue weighted by molar-refractivity contribution is -0.156. The van der Waals surface area contributed by atoms with Crippen LogP contribution in [0.15, 0.2) is 91.0 Å². The summed E-state index contributed by atoms with van der Waals surface area (Å²) in [5.74, 6) is -2.91. The molecule has 16 nitrogen and oxygen atoms in total. The summed E-state index contributed by atoms with van der Waals surface area (Å²) >= 11 is 0. The van der Waals surface area contributed by atoms with E-state index < -0.39 is 53.4 Å². The van der Waals surface area contributed by atoms with Crippen LogP contribution in [0.3, 0.4) is 0 Å². The molecule has 5 amide bonds. The van der Waals surface area contributed by atoms with Gasteiger partial charge in [-0.25, -0.2) is 4.79 Å². The predicted octanol–water partition coefficient (Wildman–Crippen LogP) is 4.96. The first-order chi connectivity index (χ1) is 29.1. The minimum atomic E-state index is -1.07. The van der Waals surface area contributed by atoms with Crippen molar-refractivity contribution < 1.29 is 48.5 Å². The van der Waals surface area contributed by atoms with E-state index >= 15 is 0 Å². The highest BCUT2D eigenvalue weighted by Gasteiger charge is 2.35. The number of esters is 1. The molecule has 1 aliphatic heterocycles. The number of imide groups is 1. The normalized spacial score (nSPS) is 13.1. The second-order valence-electron chi connectivity index (χ2n) is 15.6. The van der Waals surface area contributed by atoms with Crippen LogP contribution in [0.2, 0.25) is 0 Å². The second kappa shape index (κ2) is 23.4. The Labute approximate surface area is 356 Å². The molecule has 16 heteroatoms. The zero-order valence-electron chi connectivity index (χ0n) is 35.1. The Hall–Kier alpha value is -6.42. The van der Waals surface area contributed by atoms with E-state index in [0.29, 0.717) is 24.0 Å². The Morgan fingerprint density at radius 2 is 1.31 bits per heavy atom. The molecule has 0 saturated heterocycles. The molecule has 0 radical (unpaired) electrons. The van der Waals surface area contributed by atoms with Crippen LogP contribution >= 0.6 is 0 Å². The van der Waals surface area contributed by atoms with E-state index in [2.05, 4.69) is 10.6 Å². The van der Waals surface area contributed by atoms with Crippen molar-refractivity contribution in [3.8, 4) is 11.8 Å². The summed E-state index contributed by atoms with van der Waals surface area (Å²) in [6.45, 7) is 5.79. The fourth-order valence-electron chi connectivity index (χ4n) is 6.52. The van der Waals surface area contributed by atoms with E-state index in [9.17, 15) is 39.0 Å². The maximum Gasteiger partial charge on any atom is 0.407 e. The van der Waals surface area contributed by atoms with Gasteiger partial charge in [0.25, 0.3) is 11.8 Å². The molecule has 1 aliphatic rings. The number of nitrogens with two attached hydrogens (primary N) is 1. The Bertz CT molecular complexity index is 1970. The largest absolute Gasteiger partial charge is 0.494 e. The zero-order valence-corrected chi connectivity index (χ0v) is 35.1. The molecule has 61 heavy (non-hydrogen) atoms. The number of amides is 5. The highest BCUT2D eigenvalue weighted by atomic mass is 16.6. The van der Waals surface area contributed by atoms with Gasteiger partial charge in [-0.2, -0.15) is 0 Å². The lowest BCUT2D eigenvalue weighted by Gasteiger charge is -2.29. The molecule has 0 saturated carbocycles. The van der Waals surface area contributed by atoms with Gasteiger partial charge in [0, 0.05) is 39.1 Å². The molecule has 2 atom stereocenters. The summed E-state index contributed by atoms with van der Waals surface area (Å²) in [7, 11) is 0. The molecule has 6 N–H and O–H groups in total. The first-order valence-corrected chi connectivity index (χ1v) is 20.5. The van der Waals surface area contributed by atoms with Crippen molar-refractivity contribution in [2.45, 2.75) is 96.6 Å². The predicted molar refractivity (Wildman–Crippen MR) is 226 cm³/mol. The molecule has 3 aromatic rings. The third-order valence-corrected chi connectivity index (χ3v) is 9.61. The van der Waals surface area contributed by atoms with E-state index in [4.69, 9.17) is 15.2 Å². The number of carbonyl (C=O) groups is 6. The number of hydrogen-bond donors (Lipinski definition) is 5. The highest BCUT2D eigenvalue weighted by molar-refractivity contribution is 6.21.